The number of carboxylic acids is 1. The highest BCUT2D eigenvalue weighted by Gasteiger charge is 2.55. The molecule has 8 atom stereocenters. The average molecular weight is 492 g/mol. The first-order valence-electron chi connectivity index (χ1n) is 9.54. The zero-order chi connectivity index (χ0) is 25.0. The molecule has 0 saturated carbocycles. The van der Waals surface area contributed by atoms with Crippen molar-refractivity contribution in [1.82, 2.24) is 15.1 Å². The fraction of sp³-hybridized carbons (Fsp3) is 0.824. The van der Waals surface area contributed by atoms with E-state index in [1.165, 1.54) is 13.8 Å². The number of amides is 2. The number of aliphatic carboxylic acids is 1. The monoisotopic (exact) mass is 491 g/mol. The first-order valence-corrected chi connectivity index (χ1v) is 9.88. The molecule has 15 heteroatoms. The minimum atomic E-state index is -3.98. The number of rotatable bonds is 10. The number of hydrogen-bond acceptors (Lipinski definition) is 9. The van der Waals surface area contributed by atoms with E-state index in [0.29, 0.717) is 4.42 Å². The molecule has 2 unspecified atom stereocenters. The number of aliphatic hydroxyl groups is 4. The summed E-state index contributed by atoms with van der Waals surface area (Å²) in [5, 5.41) is 51.7. The summed E-state index contributed by atoms with van der Waals surface area (Å²) in [6, 6.07) is -4.32. The van der Waals surface area contributed by atoms with Crippen LogP contribution in [-0.4, -0.2) is 116 Å². The van der Waals surface area contributed by atoms with Gasteiger partial charge in [0.1, 0.15) is 48.6 Å². The molecule has 0 spiro atoms. The van der Waals surface area contributed by atoms with Crippen molar-refractivity contribution >= 4 is 29.6 Å². The van der Waals surface area contributed by atoms with Crippen LogP contribution in [0.5, 0.6) is 0 Å². The highest BCUT2D eigenvalue weighted by atomic mass is 35.5. The van der Waals surface area contributed by atoms with Crippen LogP contribution in [-0.2, 0) is 19.1 Å². The van der Waals surface area contributed by atoms with Crippen LogP contribution in [0, 0.1) is 0 Å². The van der Waals surface area contributed by atoms with E-state index < -0.39 is 85.4 Å². The van der Waals surface area contributed by atoms with E-state index >= 15 is 0 Å². The Kier molecular flexibility index (Phi) is 10.1. The molecule has 0 aromatic heterocycles. The summed E-state index contributed by atoms with van der Waals surface area (Å²) in [5.74, 6) is -7.31. The number of carboxylic acid groups (broad SMARTS) is 1. The standard InChI is InChI=1S/C17H28ClF2N3O9/c1-6(14(28)22-7(2)16(30)31)21-15(29)8(23(3)18)4-17(19,20)13-12(27)11(26)10(25)9(5-24)32-13/h6-13,24-27H,4-5H2,1-3H3,(H,21,29)(H,22,28)(H,30,31)/t6-,7-,8?,9?,10-,11-,12+,13+/m0/s1. The van der Waals surface area contributed by atoms with Gasteiger partial charge in [-0.25, -0.2) is 13.2 Å². The molecular formula is C17H28ClF2N3O9. The van der Waals surface area contributed by atoms with Gasteiger partial charge in [0.05, 0.1) is 6.61 Å². The van der Waals surface area contributed by atoms with Crippen molar-refractivity contribution in [3.8, 4) is 0 Å². The van der Waals surface area contributed by atoms with E-state index in [2.05, 4.69) is 10.6 Å². The van der Waals surface area contributed by atoms with Crippen molar-refractivity contribution in [2.75, 3.05) is 13.7 Å². The van der Waals surface area contributed by atoms with E-state index in [9.17, 15) is 38.5 Å². The Hall–Kier alpha value is -1.68. The number of aliphatic hydroxyl groups excluding tert-OH is 4. The normalized spacial score (nSPS) is 29.2. The molecule has 0 radical (unpaired) electrons. The molecule has 1 heterocycles. The molecule has 7 N–H and O–H groups in total. The van der Waals surface area contributed by atoms with Crippen molar-refractivity contribution in [3.05, 3.63) is 0 Å². The number of ether oxygens (including phenoxy) is 1. The summed E-state index contributed by atoms with van der Waals surface area (Å²) in [6.45, 7) is 1.46. The number of carbonyl (C=O) groups excluding carboxylic acids is 2. The van der Waals surface area contributed by atoms with Gasteiger partial charge < -0.3 is 40.9 Å². The predicted octanol–water partition coefficient (Wildman–Crippen LogP) is -2.60. The number of hydrogen-bond donors (Lipinski definition) is 7. The van der Waals surface area contributed by atoms with Crippen LogP contribution in [0.3, 0.4) is 0 Å². The SMILES string of the molecule is C[C@H](NC(=O)[C@H](C)NC(=O)C(CC(F)(F)[C@@H]1OC(CO)[C@H](O)[C@H](O)[C@H]1O)N(C)Cl)C(=O)O. The highest BCUT2D eigenvalue weighted by molar-refractivity contribution is 6.14. The fourth-order valence-electron chi connectivity index (χ4n) is 2.98. The Morgan fingerprint density at radius 1 is 1.06 bits per heavy atom. The predicted molar refractivity (Wildman–Crippen MR) is 104 cm³/mol. The Morgan fingerprint density at radius 2 is 1.59 bits per heavy atom. The van der Waals surface area contributed by atoms with Crippen molar-refractivity contribution in [2.24, 2.45) is 0 Å². The van der Waals surface area contributed by atoms with Gasteiger partial charge in [-0.2, -0.15) is 0 Å². The van der Waals surface area contributed by atoms with Crippen molar-refractivity contribution in [3.63, 3.8) is 0 Å². The second-order valence-corrected chi connectivity index (χ2v) is 8.09. The highest BCUT2D eigenvalue weighted by Crippen LogP contribution is 2.36. The minimum Gasteiger partial charge on any atom is -0.480 e. The Morgan fingerprint density at radius 3 is 2.06 bits per heavy atom. The third kappa shape index (κ3) is 6.91. The lowest BCUT2D eigenvalue weighted by molar-refractivity contribution is -0.282. The van der Waals surface area contributed by atoms with Crippen molar-refractivity contribution < 1.29 is 53.4 Å². The lowest BCUT2D eigenvalue weighted by Gasteiger charge is -2.43. The summed E-state index contributed by atoms with van der Waals surface area (Å²) in [4.78, 5) is 35.3. The first kappa shape index (κ1) is 28.4. The van der Waals surface area contributed by atoms with E-state index in [-0.39, 0.29) is 0 Å². The lowest BCUT2D eigenvalue weighted by Crippen LogP contribution is -2.64. The summed E-state index contributed by atoms with van der Waals surface area (Å²) < 4.78 is 35.3. The van der Waals surface area contributed by atoms with E-state index in [0.717, 1.165) is 7.05 Å². The Balaban J connectivity index is 2.93. The number of alkyl halides is 2. The van der Waals surface area contributed by atoms with Crippen LogP contribution in [0.1, 0.15) is 20.3 Å². The number of nitrogens with one attached hydrogen (secondary N) is 2. The maximum Gasteiger partial charge on any atom is 0.325 e. The number of likely N-dealkylation sites (N-methyl/N-ethyl adjacent to an activating group) is 1. The number of halogens is 3. The smallest absolute Gasteiger partial charge is 0.325 e. The lowest BCUT2D eigenvalue weighted by atomic mass is 9.89. The van der Waals surface area contributed by atoms with Gasteiger partial charge in [-0.05, 0) is 25.6 Å². The second kappa shape index (κ2) is 11.4. The largest absolute Gasteiger partial charge is 0.480 e. The molecule has 1 saturated heterocycles. The number of nitrogens with zero attached hydrogens (tertiary/aromatic N) is 1. The minimum absolute atomic E-state index is 0.609. The topological polar surface area (TPSA) is 189 Å². The molecule has 0 aliphatic carbocycles. The maximum absolute atomic E-state index is 14.9. The van der Waals surface area contributed by atoms with Crippen LogP contribution in [0.25, 0.3) is 0 Å². The van der Waals surface area contributed by atoms with Gasteiger partial charge in [0.2, 0.25) is 11.8 Å². The van der Waals surface area contributed by atoms with Gasteiger partial charge in [0, 0.05) is 13.5 Å². The van der Waals surface area contributed by atoms with E-state index in [1.54, 1.807) is 0 Å². The molecule has 0 aromatic rings. The molecule has 0 aromatic carbocycles. The first-order chi connectivity index (χ1) is 14.6. The molecule has 186 valence electrons. The van der Waals surface area contributed by atoms with Gasteiger partial charge in [-0.15, -0.1) is 0 Å². The summed E-state index contributed by atoms with van der Waals surface area (Å²) in [5.41, 5.74) is 0. The van der Waals surface area contributed by atoms with Gasteiger partial charge in [-0.1, -0.05) is 0 Å². The fourth-order valence-corrected chi connectivity index (χ4v) is 3.14. The molecular weight excluding hydrogens is 464 g/mol. The van der Waals surface area contributed by atoms with Gasteiger partial charge in [0.25, 0.3) is 5.92 Å². The second-order valence-electron chi connectivity index (χ2n) is 7.55. The summed E-state index contributed by atoms with van der Waals surface area (Å²) in [7, 11) is 1.09. The zero-order valence-electron chi connectivity index (χ0n) is 17.5. The molecule has 1 aliphatic rings. The molecule has 12 nitrogen and oxygen atoms in total. The Labute approximate surface area is 187 Å². The molecule has 2 amide bonds. The number of carbonyl (C=O) groups is 3. The summed E-state index contributed by atoms with van der Waals surface area (Å²) in [6.07, 6.45) is -11.4. The van der Waals surface area contributed by atoms with Crippen LogP contribution in [0.15, 0.2) is 0 Å². The zero-order valence-corrected chi connectivity index (χ0v) is 18.2. The maximum atomic E-state index is 14.9. The molecule has 1 rings (SSSR count). The quantitative estimate of drug-likeness (QED) is 0.160. The van der Waals surface area contributed by atoms with Crippen LogP contribution in [0.2, 0.25) is 0 Å². The van der Waals surface area contributed by atoms with Crippen LogP contribution >= 0.6 is 11.8 Å². The molecule has 1 aliphatic heterocycles. The Bertz CT molecular complexity index is 686. The van der Waals surface area contributed by atoms with Gasteiger partial charge in [-0.3, -0.25) is 14.4 Å². The van der Waals surface area contributed by atoms with Gasteiger partial charge >= 0.3 is 5.97 Å². The van der Waals surface area contributed by atoms with E-state index in [1.807, 2.05) is 0 Å². The van der Waals surface area contributed by atoms with E-state index in [4.69, 9.17) is 26.7 Å². The average Bonchev–Trinajstić information content (AvgIpc) is 2.69. The molecule has 0 bridgehead atoms. The van der Waals surface area contributed by atoms with Crippen LogP contribution < -0.4 is 10.6 Å². The van der Waals surface area contributed by atoms with Gasteiger partial charge in [0.15, 0.2) is 0 Å². The van der Waals surface area contributed by atoms with Crippen LogP contribution in [0.4, 0.5) is 8.78 Å². The molecule has 32 heavy (non-hydrogen) atoms. The third-order valence-electron chi connectivity index (χ3n) is 4.99. The van der Waals surface area contributed by atoms with Crippen molar-refractivity contribution in [1.29, 1.82) is 0 Å². The molecule has 1 fully saturated rings. The summed E-state index contributed by atoms with van der Waals surface area (Å²) >= 11 is 5.74. The van der Waals surface area contributed by atoms with Crippen molar-refractivity contribution in [2.45, 2.75) is 74.8 Å². The third-order valence-corrected chi connectivity index (χ3v) is 5.22.